The van der Waals surface area contributed by atoms with Crippen molar-refractivity contribution >= 4 is 21.6 Å². The largest absolute Gasteiger partial charge is 0.268 e. The van der Waals surface area contributed by atoms with Crippen molar-refractivity contribution in [2.24, 2.45) is 0 Å². The number of hydrogen-bond acceptors (Lipinski definition) is 4. The summed E-state index contributed by atoms with van der Waals surface area (Å²) < 4.78 is 28.1. The van der Waals surface area contributed by atoms with E-state index >= 15 is 0 Å². The lowest BCUT2D eigenvalue weighted by Gasteiger charge is -2.09. The molecule has 0 spiro atoms. The van der Waals surface area contributed by atoms with Crippen molar-refractivity contribution in [3.63, 3.8) is 0 Å². The molecule has 0 aliphatic heterocycles. The predicted octanol–water partition coefficient (Wildman–Crippen LogP) is 1.36. The molecule has 0 saturated heterocycles. The van der Waals surface area contributed by atoms with E-state index in [1.54, 1.807) is 6.07 Å². The fourth-order valence-corrected chi connectivity index (χ4v) is 3.73. The summed E-state index contributed by atoms with van der Waals surface area (Å²) in [7, 11) is -3.62. The fraction of sp³-hybridized carbons (Fsp3) is 0.333. The zero-order chi connectivity index (χ0) is 16.4. The van der Waals surface area contributed by atoms with Crippen LogP contribution in [0.3, 0.4) is 0 Å². The van der Waals surface area contributed by atoms with Gasteiger partial charge in [-0.1, -0.05) is 11.6 Å². The van der Waals surface area contributed by atoms with Crippen LogP contribution >= 0.6 is 11.6 Å². The third-order valence-electron chi connectivity index (χ3n) is 3.76. The number of nitrogens with zero attached hydrogens (tertiary/aromatic N) is 2. The van der Waals surface area contributed by atoms with Gasteiger partial charge in [-0.05, 0) is 49.1 Å². The molecule has 3 rings (SSSR count). The predicted molar refractivity (Wildman–Crippen MR) is 87.2 cm³/mol. The molecule has 0 radical (unpaired) electrons. The summed E-state index contributed by atoms with van der Waals surface area (Å²) in [4.78, 5) is 12.1. The Morgan fingerprint density at radius 3 is 2.70 bits per heavy atom. The van der Waals surface area contributed by atoms with Crippen LogP contribution in [0.25, 0.3) is 0 Å². The molecule has 0 fully saturated rings. The Hall–Kier alpha value is -1.70. The van der Waals surface area contributed by atoms with Crippen molar-refractivity contribution in [2.75, 3.05) is 6.54 Å². The molecule has 23 heavy (non-hydrogen) atoms. The van der Waals surface area contributed by atoms with Gasteiger partial charge in [-0.25, -0.2) is 17.8 Å². The lowest BCUT2D eigenvalue weighted by molar-refractivity contribution is 0.541. The molecule has 1 aromatic heterocycles. The Kier molecular flexibility index (Phi) is 4.52. The number of fused-ring (bicyclic) bond motifs is 1. The average Bonchev–Trinajstić information content (AvgIpc) is 2.95. The maximum Gasteiger partial charge on any atom is 0.267 e. The van der Waals surface area contributed by atoms with Crippen molar-refractivity contribution in [3.8, 4) is 0 Å². The van der Waals surface area contributed by atoms with Crippen molar-refractivity contribution in [1.82, 2.24) is 14.5 Å². The third kappa shape index (κ3) is 3.63. The van der Waals surface area contributed by atoms with E-state index < -0.39 is 10.0 Å². The zero-order valence-corrected chi connectivity index (χ0v) is 13.9. The van der Waals surface area contributed by atoms with Crippen LogP contribution in [-0.2, 0) is 29.4 Å². The molecule has 2 aromatic rings. The first-order chi connectivity index (χ1) is 11.0. The van der Waals surface area contributed by atoms with Gasteiger partial charge in [-0.2, -0.15) is 5.10 Å². The topological polar surface area (TPSA) is 81.1 Å². The van der Waals surface area contributed by atoms with Gasteiger partial charge in [0.05, 0.1) is 17.1 Å². The minimum Gasteiger partial charge on any atom is -0.268 e. The van der Waals surface area contributed by atoms with Gasteiger partial charge in [-0.3, -0.25) is 4.79 Å². The van der Waals surface area contributed by atoms with Gasteiger partial charge in [0.1, 0.15) is 0 Å². The van der Waals surface area contributed by atoms with Crippen molar-refractivity contribution in [2.45, 2.75) is 30.7 Å². The Balaban J connectivity index is 1.67. The van der Waals surface area contributed by atoms with E-state index in [2.05, 4.69) is 9.82 Å². The lowest BCUT2D eigenvalue weighted by atomic mass is 10.2. The maximum absolute atomic E-state index is 12.1. The summed E-state index contributed by atoms with van der Waals surface area (Å²) in [6.07, 6.45) is 2.77. The maximum atomic E-state index is 12.1. The van der Waals surface area contributed by atoms with E-state index in [0.717, 1.165) is 30.5 Å². The standard InChI is InChI=1S/C15H16ClN3O3S/c16-12-4-6-13(7-5-12)23(21,22)17-8-9-19-15(20)10-11-2-1-3-14(11)18-19/h4-7,10,17H,1-3,8-9H2. The number of halogens is 1. The number of aromatic nitrogens is 2. The Bertz CT molecular complexity index is 876. The number of nitrogens with one attached hydrogen (secondary N) is 1. The highest BCUT2D eigenvalue weighted by molar-refractivity contribution is 7.89. The second-order valence-electron chi connectivity index (χ2n) is 5.38. The van der Waals surface area contributed by atoms with Gasteiger partial charge < -0.3 is 0 Å². The van der Waals surface area contributed by atoms with E-state index in [1.807, 2.05) is 0 Å². The highest BCUT2D eigenvalue weighted by Gasteiger charge is 2.16. The van der Waals surface area contributed by atoms with Crippen molar-refractivity contribution in [1.29, 1.82) is 0 Å². The lowest BCUT2D eigenvalue weighted by Crippen LogP contribution is -2.32. The van der Waals surface area contributed by atoms with Gasteiger partial charge in [-0.15, -0.1) is 0 Å². The monoisotopic (exact) mass is 353 g/mol. The summed E-state index contributed by atoms with van der Waals surface area (Å²) in [5.74, 6) is 0. The number of benzene rings is 1. The first kappa shape index (κ1) is 16.2. The summed E-state index contributed by atoms with van der Waals surface area (Å²) in [5.41, 5.74) is 1.74. The zero-order valence-electron chi connectivity index (χ0n) is 12.3. The fourth-order valence-electron chi connectivity index (χ4n) is 2.58. The summed E-state index contributed by atoms with van der Waals surface area (Å²) >= 11 is 5.75. The molecule has 0 atom stereocenters. The highest BCUT2D eigenvalue weighted by atomic mass is 35.5. The SMILES string of the molecule is O=c1cc2c(nn1CCNS(=O)(=O)c1ccc(Cl)cc1)CCC2. The van der Waals surface area contributed by atoms with Crippen molar-refractivity contribution in [3.05, 3.63) is 57.0 Å². The van der Waals surface area contributed by atoms with Crippen LogP contribution in [0, 0.1) is 0 Å². The first-order valence-corrected chi connectivity index (χ1v) is 9.17. The molecular formula is C15H16ClN3O3S. The Labute approximate surface area is 139 Å². The van der Waals surface area contributed by atoms with Crippen molar-refractivity contribution < 1.29 is 8.42 Å². The number of sulfonamides is 1. The Morgan fingerprint density at radius 2 is 1.96 bits per heavy atom. The summed E-state index contributed by atoms with van der Waals surface area (Å²) in [6.45, 7) is 0.287. The number of rotatable bonds is 5. The Morgan fingerprint density at radius 1 is 1.22 bits per heavy atom. The van der Waals surface area contributed by atoms with Crippen LogP contribution in [0.15, 0.2) is 40.0 Å². The van der Waals surface area contributed by atoms with Crippen LogP contribution in [0.1, 0.15) is 17.7 Å². The molecular weight excluding hydrogens is 338 g/mol. The van der Waals surface area contributed by atoms with Crippen LogP contribution in [0.2, 0.25) is 5.02 Å². The molecule has 0 amide bonds. The van der Waals surface area contributed by atoms with Gasteiger partial charge in [0.25, 0.3) is 5.56 Å². The molecule has 1 heterocycles. The second kappa shape index (κ2) is 6.43. The molecule has 122 valence electrons. The normalized spacial score (nSPS) is 14.0. The number of aryl methyl sites for hydroxylation is 2. The number of hydrogen-bond donors (Lipinski definition) is 1. The average molecular weight is 354 g/mol. The summed E-state index contributed by atoms with van der Waals surface area (Å²) in [5, 5.41) is 4.78. The van der Waals surface area contributed by atoms with Crippen LogP contribution < -0.4 is 10.3 Å². The molecule has 0 bridgehead atoms. The van der Waals surface area contributed by atoms with Gasteiger partial charge in [0, 0.05) is 17.6 Å². The highest BCUT2D eigenvalue weighted by Crippen LogP contribution is 2.17. The van der Waals surface area contributed by atoms with Crippen LogP contribution in [-0.4, -0.2) is 24.7 Å². The third-order valence-corrected chi connectivity index (χ3v) is 5.49. The first-order valence-electron chi connectivity index (χ1n) is 7.31. The van der Waals surface area contributed by atoms with E-state index in [4.69, 9.17) is 11.6 Å². The van der Waals surface area contributed by atoms with Gasteiger partial charge >= 0.3 is 0 Å². The minimum atomic E-state index is -3.62. The molecule has 0 unspecified atom stereocenters. The van der Waals surface area contributed by atoms with E-state index in [0.29, 0.717) is 5.02 Å². The van der Waals surface area contributed by atoms with Crippen LogP contribution in [0.5, 0.6) is 0 Å². The summed E-state index contributed by atoms with van der Waals surface area (Å²) in [6, 6.07) is 7.50. The molecule has 8 heteroatoms. The van der Waals surface area contributed by atoms with E-state index in [9.17, 15) is 13.2 Å². The quantitative estimate of drug-likeness (QED) is 0.880. The molecule has 6 nitrogen and oxygen atoms in total. The van der Waals surface area contributed by atoms with E-state index in [-0.39, 0.29) is 23.5 Å². The van der Waals surface area contributed by atoms with E-state index in [1.165, 1.54) is 28.9 Å². The molecule has 1 aliphatic rings. The second-order valence-corrected chi connectivity index (χ2v) is 7.59. The molecule has 1 aromatic carbocycles. The molecule has 1 N–H and O–H groups in total. The van der Waals surface area contributed by atoms with Gasteiger partial charge in [0.15, 0.2) is 0 Å². The molecule has 0 saturated carbocycles. The molecule has 1 aliphatic carbocycles. The smallest absolute Gasteiger partial charge is 0.267 e. The van der Waals surface area contributed by atoms with Crippen LogP contribution in [0.4, 0.5) is 0 Å². The van der Waals surface area contributed by atoms with Gasteiger partial charge in [0.2, 0.25) is 10.0 Å². The minimum absolute atomic E-state index is 0.0939.